The molecular formula is C13H22N2O3. The summed E-state index contributed by atoms with van der Waals surface area (Å²) < 4.78 is 0. The van der Waals surface area contributed by atoms with Crippen LogP contribution in [0.25, 0.3) is 0 Å². The summed E-state index contributed by atoms with van der Waals surface area (Å²) in [6.45, 7) is 3.26. The molecule has 0 radical (unpaired) electrons. The maximum Gasteiger partial charge on any atom is 0.317 e. The quantitative estimate of drug-likeness (QED) is 0.793. The van der Waals surface area contributed by atoms with Crippen LogP contribution >= 0.6 is 0 Å². The molecule has 0 aromatic carbocycles. The Morgan fingerprint density at radius 2 is 2.00 bits per heavy atom. The van der Waals surface area contributed by atoms with Crippen LogP contribution in [0.15, 0.2) is 0 Å². The number of aliphatic carboxylic acids is 1. The van der Waals surface area contributed by atoms with Gasteiger partial charge in [-0.3, -0.25) is 14.5 Å². The number of rotatable bonds is 5. The van der Waals surface area contributed by atoms with Crippen molar-refractivity contribution in [3.8, 4) is 0 Å². The number of hydrogen-bond acceptors (Lipinski definition) is 3. The number of hydrogen-bond donors (Lipinski definition) is 1. The molecule has 0 spiro atoms. The third-order valence-corrected chi connectivity index (χ3v) is 3.88. The highest BCUT2D eigenvalue weighted by Gasteiger charge is 2.34. The monoisotopic (exact) mass is 254 g/mol. The van der Waals surface area contributed by atoms with E-state index in [0.29, 0.717) is 6.04 Å². The Hall–Kier alpha value is -1.10. The first kappa shape index (κ1) is 13.3. The number of carbonyl (C=O) groups excluding carboxylic acids is 1. The lowest BCUT2D eigenvalue weighted by Gasteiger charge is -2.38. The fourth-order valence-corrected chi connectivity index (χ4v) is 2.83. The van der Waals surface area contributed by atoms with Crippen LogP contribution in [0, 0.1) is 0 Å². The minimum atomic E-state index is -0.771. The lowest BCUT2D eigenvalue weighted by atomic mass is 10.0. The summed E-state index contributed by atoms with van der Waals surface area (Å²) in [6, 6.07) is 0.632. The van der Waals surface area contributed by atoms with Gasteiger partial charge in [0.15, 0.2) is 0 Å². The van der Waals surface area contributed by atoms with Crippen molar-refractivity contribution in [2.75, 3.05) is 19.6 Å². The van der Waals surface area contributed by atoms with Crippen molar-refractivity contribution in [1.82, 2.24) is 9.80 Å². The van der Waals surface area contributed by atoms with E-state index in [1.54, 1.807) is 6.92 Å². The smallest absolute Gasteiger partial charge is 0.317 e. The fraction of sp³-hybridized carbons (Fsp3) is 0.846. The van der Waals surface area contributed by atoms with Crippen LogP contribution < -0.4 is 0 Å². The maximum absolute atomic E-state index is 11.6. The van der Waals surface area contributed by atoms with E-state index in [9.17, 15) is 9.59 Å². The predicted octanol–water partition coefficient (Wildman–Crippen LogP) is 0.936. The summed E-state index contributed by atoms with van der Waals surface area (Å²) in [5, 5.41) is 8.94. The van der Waals surface area contributed by atoms with Crippen molar-refractivity contribution < 1.29 is 14.7 Å². The van der Waals surface area contributed by atoms with Crippen molar-refractivity contribution in [3.63, 3.8) is 0 Å². The van der Waals surface area contributed by atoms with E-state index in [1.807, 2.05) is 9.80 Å². The van der Waals surface area contributed by atoms with E-state index in [0.717, 1.165) is 45.2 Å². The van der Waals surface area contributed by atoms with E-state index < -0.39 is 5.97 Å². The lowest BCUT2D eigenvalue weighted by molar-refractivity contribution is -0.139. The fourth-order valence-electron chi connectivity index (χ4n) is 2.83. The van der Waals surface area contributed by atoms with Gasteiger partial charge in [-0.1, -0.05) is 0 Å². The van der Waals surface area contributed by atoms with Gasteiger partial charge in [0.05, 0.1) is 6.54 Å². The van der Waals surface area contributed by atoms with Crippen molar-refractivity contribution in [1.29, 1.82) is 0 Å². The molecule has 1 aliphatic carbocycles. The number of piperidine rings is 1. The average Bonchev–Trinajstić information content (AvgIpc) is 3.11. The van der Waals surface area contributed by atoms with Crippen LogP contribution in [0.4, 0.5) is 0 Å². The number of amides is 1. The molecule has 18 heavy (non-hydrogen) atoms. The second-order valence-corrected chi connectivity index (χ2v) is 5.42. The second-order valence-electron chi connectivity index (χ2n) is 5.42. The highest BCUT2D eigenvalue weighted by atomic mass is 16.4. The Labute approximate surface area is 108 Å². The zero-order valence-electron chi connectivity index (χ0n) is 11.0. The molecule has 0 unspecified atom stereocenters. The molecule has 5 nitrogen and oxygen atoms in total. The highest BCUT2D eigenvalue weighted by Crippen LogP contribution is 2.28. The van der Waals surface area contributed by atoms with E-state index in [4.69, 9.17) is 5.11 Å². The molecule has 2 fully saturated rings. The van der Waals surface area contributed by atoms with Gasteiger partial charge in [-0.05, 0) is 32.1 Å². The molecular weight excluding hydrogens is 232 g/mol. The van der Waals surface area contributed by atoms with Crippen LogP contribution in [0.1, 0.15) is 39.0 Å². The molecule has 0 aromatic heterocycles. The Morgan fingerprint density at radius 1 is 1.28 bits per heavy atom. The predicted molar refractivity (Wildman–Crippen MR) is 67.3 cm³/mol. The summed E-state index contributed by atoms with van der Waals surface area (Å²) >= 11 is 0. The van der Waals surface area contributed by atoms with Crippen LogP contribution in [0.5, 0.6) is 0 Å². The lowest BCUT2D eigenvalue weighted by Crippen LogP contribution is -2.50. The molecule has 1 saturated heterocycles. The molecule has 1 aliphatic heterocycles. The van der Waals surface area contributed by atoms with Gasteiger partial charge < -0.3 is 10.0 Å². The second kappa shape index (κ2) is 5.69. The summed E-state index contributed by atoms with van der Waals surface area (Å²) in [5.41, 5.74) is 0. The Kier molecular flexibility index (Phi) is 4.22. The first-order chi connectivity index (χ1) is 8.58. The molecule has 2 aliphatic rings. The normalized spacial score (nSPS) is 24.3. The van der Waals surface area contributed by atoms with E-state index in [1.165, 1.54) is 0 Å². The molecule has 5 heteroatoms. The van der Waals surface area contributed by atoms with Gasteiger partial charge in [-0.15, -0.1) is 0 Å². The number of carboxylic acid groups (broad SMARTS) is 1. The molecule has 0 aromatic rings. The summed E-state index contributed by atoms with van der Waals surface area (Å²) in [6.07, 6.45) is 5.40. The summed E-state index contributed by atoms with van der Waals surface area (Å²) in [5.74, 6) is -0.655. The number of likely N-dealkylation sites (tertiary alicyclic amines) is 1. The zero-order valence-corrected chi connectivity index (χ0v) is 11.0. The molecule has 1 N–H and O–H groups in total. The van der Waals surface area contributed by atoms with E-state index in [2.05, 4.69) is 0 Å². The number of carboxylic acids is 1. The molecule has 1 saturated carbocycles. The van der Waals surface area contributed by atoms with Crippen molar-refractivity contribution in [3.05, 3.63) is 0 Å². The third-order valence-electron chi connectivity index (χ3n) is 3.88. The first-order valence-electron chi connectivity index (χ1n) is 6.81. The molecule has 0 bridgehead atoms. The number of carbonyl (C=O) groups is 2. The molecule has 1 atom stereocenters. The average molecular weight is 254 g/mol. The van der Waals surface area contributed by atoms with Crippen molar-refractivity contribution >= 4 is 11.9 Å². The summed E-state index contributed by atoms with van der Waals surface area (Å²) in [7, 11) is 0. The van der Waals surface area contributed by atoms with Gasteiger partial charge in [-0.25, -0.2) is 0 Å². The van der Waals surface area contributed by atoms with Crippen molar-refractivity contribution in [2.24, 2.45) is 0 Å². The van der Waals surface area contributed by atoms with E-state index in [-0.39, 0.29) is 18.5 Å². The van der Waals surface area contributed by atoms with Gasteiger partial charge in [0.25, 0.3) is 0 Å². The first-order valence-corrected chi connectivity index (χ1v) is 6.81. The SMILES string of the molecule is CC(=O)N1CCCC[C@@H]1CN(CC(=O)O)C1CC1. The standard InChI is InChI=1S/C13H22N2O3/c1-10(16)15-7-3-2-4-12(15)8-14(9-13(17)18)11-5-6-11/h11-12H,2-9H2,1H3,(H,17,18)/t12-/m1/s1. The Bertz CT molecular complexity index is 328. The van der Waals surface area contributed by atoms with Crippen LogP contribution in [0.3, 0.4) is 0 Å². The van der Waals surface area contributed by atoms with Gasteiger partial charge in [-0.2, -0.15) is 0 Å². The minimum absolute atomic E-state index is 0.104. The van der Waals surface area contributed by atoms with E-state index >= 15 is 0 Å². The van der Waals surface area contributed by atoms with Gasteiger partial charge >= 0.3 is 5.97 Å². The third kappa shape index (κ3) is 3.45. The molecule has 2 rings (SSSR count). The largest absolute Gasteiger partial charge is 0.480 e. The zero-order chi connectivity index (χ0) is 13.1. The van der Waals surface area contributed by atoms with Gasteiger partial charge in [0, 0.05) is 32.1 Å². The highest BCUT2D eigenvalue weighted by molar-refractivity contribution is 5.73. The van der Waals surface area contributed by atoms with Crippen LogP contribution in [-0.4, -0.2) is 58.5 Å². The molecule has 1 amide bonds. The Morgan fingerprint density at radius 3 is 2.56 bits per heavy atom. The molecule has 1 heterocycles. The van der Waals surface area contributed by atoms with Crippen molar-refractivity contribution in [2.45, 2.75) is 51.1 Å². The maximum atomic E-state index is 11.6. The van der Waals surface area contributed by atoms with Gasteiger partial charge in [0.1, 0.15) is 0 Å². The van der Waals surface area contributed by atoms with Crippen LogP contribution in [0.2, 0.25) is 0 Å². The molecule has 102 valence electrons. The summed E-state index contributed by atoms with van der Waals surface area (Å²) in [4.78, 5) is 26.4. The number of nitrogens with zero attached hydrogens (tertiary/aromatic N) is 2. The van der Waals surface area contributed by atoms with Crippen LogP contribution in [-0.2, 0) is 9.59 Å². The topological polar surface area (TPSA) is 60.9 Å². The van der Waals surface area contributed by atoms with Gasteiger partial charge in [0.2, 0.25) is 5.91 Å². The minimum Gasteiger partial charge on any atom is -0.480 e. The Balaban J connectivity index is 1.95.